The summed E-state index contributed by atoms with van der Waals surface area (Å²) >= 11 is 0. The predicted molar refractivity (Wildman–Crippen MR) is 82.6 cm³/mol. The van der Waals surface area contributed by atoms with Crippen LogP contribution in [0.1, 0.15) is 6.42 Å². The average Bonchev–Trinajstić information content (AvgIpc) is 2.83. The summed E-state index contributed by atoms with van der Waals surface area (Å²) in [7, 11) is 0. The third-order valence-corrected chi connectivity index (χ3v) is 4.08. The molecule has 6 heteroatoms. The number of benzene rings is 1. The number of nitrogens with zero attached hydrogens (tertiary/aromatic N) is 2. The van der Waals surface area contributed by atoms with Crippen LogP contribution in [-0.4, -0.2) is 62.1 Å². The van der Waals surface area contributed by atoms with E-state index in [-0.39, 0.29) is 18.2 Å². The van der Waals surface area contributed by atoms with Gasteiger partial charge in [-0.25, -0.2) is 4.90 Å². The number of imide groups is 1. The van der Waals surface area contributed by atoms with E-state index in [1.165, 1.54) is 4.90 Å². The maximum absolute atomic E-state index is 12.4. The fraction of sp³-hybridized carbons (Fsp3) is 0.500. The van der Waals surface area contributed by atoms with Crippen molar-refractivity contribution < 1.29 is 14.3 Å². The third kappa shape index (κ3) is 3.35. The maximum atomic E-state index is 12.4. The lowest BCUT2D eigenvalue weighted by Gasteiger charge is -2.27. The number of carbonyl (C=O) groups is 2. The molecular weight excluding hydrogens is 282 g/mol. The fourth-order valence-electron chi connectivity index (χ4n) is 2.86. The molecule has 1 aromatic carbocycles. The van der Waals surface area contributed by atoms with Crippen LogP contribution in [-0.2, 0) is 14.3 Å². The average molecular weight is 303 g/mol. The van der Waals surface area contributed by atoms with Crippen LogP contribution in [0.15, 0.2) is 30.3 Å². The predicted octanol–water partition coefficient (Wildman–Crippen LogP) is 0.240. The van der Waals surface area contributed by atoms with Crippen molar-refractivity contribution in [3.8, 4) is 0 Å². The van der Waals surface area contributed by atoms with E-state index in [4.69, 9.17) is 4.74 Å². The zero-order valence-electron chi connectivity index (χ0n) is 12.5. The quantitative estimate of drug-likeness (QED) is 0.790. The van der Waals surface area contributed by atoms with Crippen molar-refractivity contribution in [3.63, 3.8) is 0 Å². The van der Waals surface area contributed by atoms with Crippen molar-refractivity contribution in [1.82, 2.24) is 10.2 Å². The number of hydrogen-bond donors (Lipinski definition) is 1. The minimum absolute atomic E-state index is 0.139. The first-order valence-electron chi connectivity index (χ1n) is 7.71. The van der Waals surface area contributed by atoms with E-state index < -0.39 is 6.04 Å². The molecule has 2 saturated heterocycles. The van der Waals surface area contributed by atoms with Gasteiger partial charge in [0.25, 0.3) is 5.91 Å². The smallest absolute Gasteiger partial charge is 0.251 e. The molecule has 118 valence electrons. The Morgan fingerprint density at radius 1 is 1.14 bits per heavy atom. The van der Waals surface area contributed by atoms with Crippen molar-refractivity contribution in [3.05, 3.63) is 30.3 Å². The van der Waals surface area contributed by atoms with Gasteiger partial charge in [0.15, 0.2) is 0 Å². The van der Waals surface area contributed by atoms with Crippen molar-refractivity contribution in [1.29, 1.82) is 0 Å². The Balaban J connectivity index is 1.53. The molecule has 0 aliphatic carbocycles. The first-order valence-corrected chi connectivity index (χ1v) is 7.71. The van der Waals surface area contributed by atoms with E-state index in [9.17, 15) is 9.59 Å². The molecular formula is C16H21N3O3. The van der Waals surface area contributed by atoms with Gasteiger partial charge < -0.3 is 10.1 Å². The molecule has 1 atom stereocenters. The van der Waals surface area contributed by atoms with E-state index >= 15 is 0 Å². The number of rotatable bonds is 5. The molecule has 0 aromatic heterocycles. The molecule has 0 bridgehead atoms. The molecule has 2 amide bonds. The summed E-state index contributed by atoms with van der Waals surface area (Å²) in [5, 5.41) is 3.21. The molecule has 0 saturated carbocycles. The van der Waals surface area contributed by atoms with Crippen LogP contribution in [0, 0.1) is 0 Å². The van der Waals surface area contributed by atoms with Gasteiger partial charge >= 0.3 is 0 Å². The number of amides is 2. The lowest BCUT2D eigenvalue weighted by Crippen LogP contribution is -2.44. The zero-order valence-corrected chi connectivity index (χ0v) is 12.5. The second kappa shape index (κ2) is 7.00. The molecule has 3 rings (SSSR count). The number of morpholine rings is 1. The molecule has 1 aromatic rings. The SMILES string of the molecule is O=C1C[C@@H](NCCN2CCOCC2)C(=O)N1c1ccccc1. The van der Waals surface area contributed by atoms with Crippen molar-refractivity contribution in [2.45, 2.75) is 12.5 Å². The highest BCUT2D eigenvalue weighted by molar-refractivity contribution is 6.22. The molecule has 2 aliphatic heterocycles. The number of carbonyl (C=O) groups excluding carboxylic acids is 2. The van der Waals surface area contributed by atoms with Gasteiger partial charge in [0.1, 0.15) is 0 Å². The summed E-state index contributed by atoms with van der Waals surface area (Å²) in [6.07, 6.45) is 0.233. The van der Waals surface area contributed by atoms with Crippen LogP contribution in [0.25, 0.3) is 0 Å². The van der Waals surface area contributed by atoms with E-state index in [0.29, 0.717) is 12.2 Å². The zero-order chi connectivity index (χ0) is 15.4. The molecule has 0 spiro atoms. The molecule has 2 heterocycles. The molecule has 22 heavy (non-hydrogen) atoms. The summed E-state index contributed by atoms with van der Waals surface area (Å²) in [5.41, 5.74) is 0.648. The van der Waals surface area contributed by atoms with Gasteiger partial charge in [0, 0.05) is 26.2 Å². The van der Waals surface area contributed by atoms with Gasteiger partial charge in [-0.1, -0.05) is 18.2 Å². The van der Waals surface area contributed by atoms with E-state index in [1.807, 2.05) is 18.2 Å². The molecule has 0 radical (unpaired) electrons. The Morgan fingerprint density at radius 2 is 1.86 bits per heavy atom. The molecule has 1 N–H and O–H groups in total. The molecule has 2 fully saturated rings. The monoisotopic (exact) mass is 303 g/mol. The highest BCUT2D eigenvalue weighted by Crippen LogP contribution is 2.22. The topological polar surface area (TPSA) is 61.9 Å². The summed E-state index contributed by atoms with van der Waals surface area (Å²) in [6, 6.07) is 8.68. The Labute approximate surface area is 130 Å². The summed E-state index contributed by atoms with van der Waals surface area (Å²) in [4.78, 5) is 28.1. The third-order valence-electron chi connectivity index (χ3n) is 4.08. The number of ether oxygens (including phenoxy) is 1. The van der Waals surface area contributed by atoms with Gasteiger partial charge in [-0.15, -0.1) is 0 Å². The second-order valence-electron chi connectivity index (χ2n) is 5.57. The normalized spacial score (nSPS) is 23.3. The summed E-state index contributed by atoms with van der Waals surface area (Å²) in [6.45, 7) is 4.95. The fourth-order valence-corrected chi connectivity index (χ4v) is 2.86. The standard InChI is InChI=1S/C16H21N3O3/c20-15-12-14(17-6-7-18-8-10-22-11-9-18)16(21)19(15)13-4-2-1-3-5-13/h1-5,14,17H,6-12H2/t14-/m1/s1. The van der Waals surface area contributed by atoms with Crippen molar-refractivity contribution in [2.24, 2.45) is 0 Å². The molecule has 6 nitrogen and oxygen atoms in total. The number of anilines is 1. The summed E-state index contributed by atoms with van der Waals surface area (Å²) < 4.78 is 5.31. The molecule has 0 unspecified atom stereocenters. The highest BCUT2D eigenvalue weighted by atomic mass is 16.5. The van der Waals surface area contributed by atoms with E-state index in [1.54, 1.807) is 12.1 Å². The van der Waals surface area contributed by atoms with Crippen LogP contribution >= 0.6 is 0 Å². The van der Waals surface area contributed by atoms with Crippen LogP contribution in [0.5, 0.6) is 0 Å². The van der Waals surface area contributed by atoms with E-state index in [2.05, 4.69) is 10.2 Å². The largest absolute Gasteiger partial charge is 0.379 e. The Bertz CT molecular complexity index is 529. The van der Waals surface area contributed by atoms with Gasteiger partial charge in [0.05, 0.1) is 31.4 Å². The molecule has 2 aliphatic rings. The van der Waals surface area contributed by atoms with Gasteiger partial charge in [0.2, 0.25) is 5.91 Å². The number of para-hydroxylation sites is 1. The van der Waals surface area contributed by atoms with Crippen molar-refractivity contribution in [2.75, 3.05) is 44.3 Å². The minimum atomic E-state index is -0.409. The Morgan fingerprint density at radius 3 is 2.59 bits per heavy atom. The number of nitrogens with one attached hydrogen (secondary N) is 1. The number of hydrogen-bond acceptors (Lipinski definition) is 5. The highest BCUT2D eigenvalue weighted by Gasteiger charge is 2.39. The Hall–Kier alpha value is -1.76. The maximum Gasteiger partial charge on any atom is 0.251 e. The van der Waals surface area contributed by atoms with Gasteiger partial charge in [-0.2, -0.15) is 0 Å². The van der Waals surface area contributed by atoms with E-state index in [0.717, 1.165) is 32.8 Å². The van der Waals surface area contributed by atoms with Crippen molar-refractivity contribution >= 4 is 17.5 Å². The van der Waals surface area contributed by atoms with Gasteiger partial charge in [-0.05, 0) is 12.1 Å². The van der Waals surface area contributed by atoms with Crippen LogP contribution < -0.4 is 10.2 Å². The minimum Gasteiger partial charge on any atom is -0.379 e. The summed E-state index contributed by atoms with van der Waals surface area (Å²) in [5.74, 6) is -0.293. The van der Waals surface area contributed by atoms with Crippen LogP contribution in [0.4, 0.5) is 5.69 Å². The second-order valence-corrected chi connectivity index (χ2v) is 5.57. The van der Waals surface area contributed by atoms with Crippen LogP contribution in [0.2, 0.25) is 0 Å². The lowest BCUT2D eigenvalue weighted by atomic mass is 10.2. The van der Waals surface area contributed by atoms with Gasteiger partial charge in [-0.3, -0.25) is 14.5 Å². The first-order chi connectivity index (χ1) is 10.8. The lowest BCUT2D eigenvalue weighted by molar-refractivity contribution is -0.121. The first kappa shape index (κ1) is 15.1. The Kier molecular flexibility index (Phi) is 4.82. The van der Waals surface area contributed by atoms with Crippen LogP contribution in [0.3, 0.4) is 0 Å².